The fraction of sp³-hybridized carbons (Fsp3) is 0.355. The smallest absolute Gasteiger partial charge is 0.353 e. The van der Waals surface area contributed by atoms with Crippen molar-refractivity contribution in [2.75, 3.05) is 72.4 Å². The van der Waals surface area contributed by atoms with E-state index >= 15 is 0 Å². The van der Waals surface area contributed by atoms with Crippen LogP contribution in [-0.2, 0) is 19.2 Å². The summed E-state index contributed by atoms with van der Waals surface area (Å²) in [5.41, 5.74) is 3.59. The molecule has 0 aromatic carbocycles. The van der Waals surface area contributed by atoms with Crippen LogP contribution >= 0.6 is 23.2 Å². The highest BCUT2D eigenvalue weighted by molar-refractivity contribution is 6.31. The molecule has 2 aliphatic carbocycles. The predicted octanol–water partition coefficient (Wildman–Crippen LogP) is 10.9. The summed E-state index contributed by atoms with van der Waals surface area (Å²) in [6, 6.07) is 9.75. The van der Waals surface area contributed by atoms with Crippen LogP contribution in [-0.4, -0.2) is 216 Å². The van der Waals surface area contributed by atoms with Crippen LogP contribution in [0, 0.1) is 17.5 Å². The van der Waals surface area contributed by atoms with E-state index < -0.39 is 97.0 Å². The largest absolute Gasteiger partial charge is 0.405 e. The van der Waals surface area contributed by atoms with E-state index in [9.17, 15) is 76.7 Å². The first-order chi connectivity index (χ1) is 57.7. The number of aromatic nitrogens is 16. The van der Waals surface area contributed by atoms with E-state index in [1.807, 2.05) is 29.8 Å². The third-order valence-corrected chi connectivity index (χ3v) is 20.2. The number of fused-ring (bicyclic) bond motifs is 4. The number of anilines is 4. The summed E-state index contributed by atoms with van der Waals surface area (Å²) in [5, 5.41) is 20.7. The van der Waals surface area contributed by atoms with Gasteiger partial charge < -0.3 is 71.9 Å². The van der Waals surface area contributed by atoms with E-state index in [2.05, 4.69) is 101 Å². The number of halogens is 14. The number of nitrogens with zero attached hydrogens (tertiary/aromatic N) is 15. The molecule has 3 aliphatic heterocycles. The Morgan fingerprint density at radius 2 is 0.975 bits per heavy atom. The van der Waals surface area contributed by atoms with Gasteiger partial charge in [0.25, 0.3) is 5.91 Å². The average molecular weight is 1730 g/mol. The standard InChI is InChI=1S/C22H21ClF3N7O2.C19H20ClFN6O.C18H17F4N7O.C17H14F4N6O/c23-11-6-13-14(9-28-18(13)27-8-11)19-31-15(20(34)30-12-3-4-12)7-17(32-19)33-5-1-2-16(33)21(35)29-10-22(24,25)26;1-10(2)25-19(28)15-4-3-5-27(15)18-14(21)9-24-17(26-18)13-8-23-16-12(13)6-11(20)7-22-16;19-12-7-26-15(11-6-25-14-10(11)2-1-3-24-14)28-16(12)29-5-4-23-8-13(29)17(30)27-9-18(20,21)22;18-11-7-24-13(10-6-23-12-9(10)2-1-5-22-12)26-14(11)27-16(3-4-16)15(28)25-8-17(19,20)21/h6-9,12,16H,1-5,10H2,(H,27,28)(H,29,35)(H,30,34);6-10,15H,3-5H2,1-2H3,(H,22,23)(H,25,28);1-3,6-7,13,23H,4-5,8-9H2,(H,24,25)(H,27,30);1-2,5-7H,3-4,8H2,(H,22,23)(H,25,28)(H,24,26,27)/t16-;15-;13-;/m110./s1. The molecule has 5 amide bonds. The molecule has 634 valence electrons. The fourth-order valence-electron chi connectivity index (χ4n) is 13.8. The topological polar surface area (TPSA) is 397 Å². The predicted molar refractivity (Wildman–Crippen MR) is 420 cm³/mol. The SMILES string of the molecule is CC(C)NC(=O)[C@H]1CCCN1c1nc(-c2c[nH]c3ncc(Cl)cc23)ncc1F.O=C(NC1CC1)c1cc(N2CCC[C@@H]2C(=O)NCC(F)(F)F)nc(-c2c[nH]c3ncc(Cl)cc23)n1.O=C(NCC(F)(F)F)C1(Nc2nc(-c3c[nH]c4ncccc34)ncc2F)CC1.O=C(NCC(F)(F)F)[C@@H]1CNCCN1c1nc(-c2c[nH]c3ncccc23)ncc1F. The van der Waals surface area contributed by atoms with Gasteiger partial charge in [-0.3, -0.25) is 24.0 Å². The molecule has 0 unspecified atom stereocenters. The second-order valence-corrected chi connectivity index (χ2v) is 29.8. The van der Waals surface area contributed by atoms with Crippen LogP contribution in [0.25, 0.3) is 89.7 Å². The number of aromatic amines is 4. The molecule has 12 aromatic rings. The number of hydrogen-bond donors (Lipinski definition) is 11. The molecule has 45 heteroatoms. The van der Waals surface area contributed by atoms with Gasteiger partial charge in [0.2, 0.25) is 23.6 Å². The van der Waals surface area contributed by atoms with Gasteiger partial charge in [0, 0.05) is 144 Å². The Labute approximate surface area is 686 Å². The van der Waals surface area contributed by atoms with Gasteiger partial charge in [-0.05, 0) is 102 Å². The van der Waals surface area contributed by atoms with E-state index in [-0.39, 0.29) is 96.3 Å². The average Bonchev–Trinajstić information content (AvgIpc) is 1.62. The number of pyridine rings is 4. The first-order valence-corrected chi connectivity index (χ1v) is 38.5. The minimum absolute atomic E-state index is 0.0178. The van der Waals surface area contributed by atoms with Crippen LogP contribution in [0.5, 0.6) is 0 Å². The zero-order valence-corrected chi connectivity index (χ0v) is 65.1. The maximum atomic E-state index is 14.6. The molecule has 0 spiro atoms. The summed E-state index contributed by atoms with van der Waals surface area (Å²) in [4.78, 5) is 130. The maximum Gasteiger partial charge on any atom is 0.405 e. The number of carbonyl (C=O) groups is 5. The van der Waals surface area contributed by atoms with Crippen molar-refractivity contribution < 1.29 is 76.7 Å². The molecule has 0 radical (unpaired) electrons. The van der Waals surface area contributed by atoms with Crippen molar-refractivity contribution in [3.8, 4) is 45.6 Å². The van der Waals surface area contributed by atoms with Gasteiger partial charge in [0.15, 0.2) is 58.2 Å². The molecule has 12 aromatic heterocycles. The highest BCUT2D eigenvalue weighted by Crippen LogP contribution is 2.41. The number of rotatable bonds is 19. The highest BCUT2D eigenvalue weighted by Gasteiger charge is 2.52. The lowest BCUT2D eigenvalue weighted by atomic mass is 10.1. The van der Waals surface area contributed by atoms with Crippen LogP contribution in [0.2, 0.25) is 10.0 Å². The van der Waals surface area contributed by atoms with E-state index in [1.165, 1.54) is 17.2 Å². The number of piperazine rings is 1. The number of H-pyrrole nitrogens is 4. The Balaban J connectivity index is 0.000000132. The minimum Gasteiger partial charge on any atom is -0.353 e. The summed E-state index contributed by atoms with van der Waals surface area (Å²) in [7, 11) is 0. The number of carbonyl (C=O) groups excluding carboxylic acids is 5. The second kappa shape index (κ2) is 35.3. The zero-order chi connectivity index (χ0) is 85.8. The lowest BCUT2D eigenvalue weighted by molar-refractivity contribution is -0.139. The molecule has 5 aliphatic rings. The minimum atomic E-state index is -4.54. The molecular weight excluding hydrogens is 1660 g/mol. The number of amides is 5. The van der Waals surface area contributed by atoms with Crippen LogP contribution in [0.15, 0.2) is 111 Å². The molecule has 5 fully saturated rings. The lowest BCUT2D eigenvalue weighted by Gasteiger charge is -2.36. The van der Waals surface area contributed by atoms with E-state index in [0.717, 1.165) is 54.0 Å². The second-order valence-electron chi connectivity index (χ2n) is 29.0. The third kappa shape index (κ3) is 20.3. The van der Waals surface area contributed by atoms with Crippen molar-refractivity contribution >= 4 is 120 Å². The van der Waals surface area contributed by atoms with Gasteiger partial charge in [0.05, 0.1) is 28.6 Å². The van der Waals surface area contributed by atoms with Crippen LogP contribution in [0.1, 0.15) is 75.7 Å². The van der Waals surface area contributed by atoms with Gasteiger partial charge in [-0.1, -0.05) is 23.2 Å². The molecule has 11 N–H and O–H groups in total. The van der Waals surface area contributed by atoms with E-state index in [1.54, 1.807) is 89.6 Å². The van der Waals surface area contributed by atoms with Crippen LogP contribution in [0.4, 0.5) is 76.0 Å². The number of hydrogen-bond acceptors (Lipinski definition) is 22. The van der Waals surface area contributed by atoms with Crippen molar-refractivity contribution in [3.63, 3.8) is 0 Å². The normalized spacial score (nSPS) is 17.0. The van der Waals surface area contributed by atoms with Gasteiger partial charge in [-0.15, -0.1) is 0 Å². The van der Waals surface area contributed by atoms with Gasteiger partial charge in [0.1, 0.15) is 77.4 Å². The Hall–Kier alpha value is -12.7. The van der Waals surface area contributed by atoms with Crippen molar-refractivity contribution in [2.45, 2.75) is 119 Å². The number of nitrogens with one attached hydrogen (secondary N) is 11. The van der Waals surface area contributed by atoms with Crippen LogP contribution in [0.3, 0.4) is 0 Å². The Morgan fingerprint density at radius 1 is 0.512 bits per heavy atom. The molecule has 121 heavy (non-hydrogen) atoms. The molecule has 2 saturated carbocycles. The van der Waals surface area contributed by atoms with Crippen LogP contribution < -0.4 is 51.9 Å². The summed E-state index contributed by atoms with van der Waals surface area (Å²) >= 11 is 12.2. The zero-order valence-electron chi connectivity index (χ0n) is 63.6. The Bertz CT molecular complexity index is 5840. The van der Waals surface area contributed by atoms with Gasteiger partial charge in [-0.2, -0.15) is 39.5 Å². The van der Waals surface area contributed by atoms with Crippen molar-refractivity contribution in [1.82, 2.24) is 112 Å². The summed E-state index contributed by atoms with van der Waals surface area (Å²) in [6.45, 7) is 1.09. The third-order valence-electron chi connectivity index (χ3n) is 19.8. The molecule has 15 heterocycles. The molecule has 31 nitrogen and oxygen atoms in total. The molecular formula is C76H72Cl2F12N26O5. The van der Waals surface area contributed by atoms with Gasteiger partial charge >= 0.3 is 18.5 Å². The molecule has 3 atom stereocenters. The summed E-state index contributed by atoms with van der Waals surface area (Å²) < 4.78 is 156. The molecule has 0 bridgehead atoms. The first-order valence-electron chi connectivity index (χ1n) is 37.7. The Morgan fingerprint density at radius 3 is 1.49 bits per heavy atom. The monoisotopic (exact) mass is 1730 g/mol. The Kier molecular flexibility index (Phi) is 24.8. The maximum absolute atomic E-state index is 14.6. The highest BCUT2D eigenvalue weighted by atomic mass is 35.5. The van der Waals surface area contributed by atoms with E-state index in [4.69, 9.17) is 23.2 Å². The summed E-state index contributed by atoms with van der Waals surface area (Å²) in [6.07, 6.45) is 7.09. The first kappa shape index (κ1) is 84.8. The molecule has 17 rings (SSSR count). The summed E-state index contributed by atoms with van der Waals surface area (Å²) in [5.74, 6) is -4.11. The van der Waals surface area contributed by atoms with Crippen molar-refractivity contribution in [2.24, 2.45) is 0 Å². The number of alkyl halides is 9. The van der Waals surface area contributed by atoms with Gasteiger partial charge in [-0.25, -0.2) is 73.0 Å². The molecule has 3 saturated heterocycles. The lowest BCUT2D eigenvalue weighted by Crippen LogP contribution is -2.59. The fourth-order valence-corrected chi connectivity index (χ4v) is 14.1. The quantitative estimate of drug-likeness (QED) is 0.0335. The van der Waals surface area contributed by atoms with Crippen molar-refractivity contribution in [1.29, 1.82) is 0 Å². The van der Waals surface area contributed by atoms with E-state index in [0.29, 0.717) is 105 Å². The van der Waals surface area contributed by atoms with Crippen molar-refractivity contribution in [3.05, 3.63) is 144 Å².